The Hall–Kier alpha value is -1.59. The molecule has 20 heavy (non-hydrogen) atoms. The fourth-order valence-corrected chi connectivity index (χ4v) is 3.13. The molecule has 0 aromatic carbocycles. The molecule has 0 aliphatic rings. The Bertz CT molecular complexity index is 654. The van der Waals surface area contributed by atoms with Gasteiger partial charge in [-0.05, 0) is 0 Å². The van der Waals surface area contributed by atoms with E-state index in [-0.39, 0.29) is 35.2 Å². The number of ketones is 1. The summed E-state index contributed by atoms with van der Waals surface area (Å²) >= 11 is 1.09. The molecule has 1 aromatic rings. The van der Waals surface area contributed by atoms with E-state index in [0.717, 1.165) is 17.6 Å². The van der Waals surface area contributed by atoms with Crippen molar-refractivity contribution in [3.63, 3.8) is 0 Å². The third kappa shape index (κ3) is 3.95. The molecular weight excluding hydrogens is 298 g/mol. The van der Waals surface area contributed by atoms with Gasteiger partial charge in [-0.15, -0.1) is 11.3 Å². The first-order valence-corrected chi connectivity index (χ1v) is 8.83. The van der Waals surface area contributed by atoms with Crippen LogP contribution in [0.1, 0.15) is 29.1 Å². The van der Waals surface area contributed by atoms with Gasteiger partial charge in [0.15, 0.2) is 5.78 Å². The zero-order valence-corrected chi connectivity index (χ0v) is 13.2. The number of nitrogen functional groups attached to an aromatic ring is 1. The second-order valence-electron chi connectivity index (χ2n) is 4.74. The smallest absolute Gasteiger partial charge is 0.177 e. The van der Waals surface area contributed by atoms with Crippen LogP contribution >= 0.6 is 11.3 Å². The maximum Gasteiger partial charge on any atom is 0.177 e. The maximum absolute atomic E-state index is 12.0. The summed E-state index contributed by atoms with van der Waals surface area (Å²) in [5.74, 6) is -0.394. The topological polar surface area (TPSA) is 113 Å². The van der Waals surface area contributed by atoms with E-state index in [9.17, 15) is 13.2 Å². The van der Waals surface area contributed by atoms with Crippen LogP contribution in [0.25, 0.3) is 0 Å². The number of nitriles is 1. The van der Waals surface area contributed by atoms with Crippen LogP contribution in [0.5, 0.6) is 0 Å². The number of nitrogens with one attached hydrogen (secondary N) is 1. The molecule has 0 spiro atoms. The number of nitrogens with zero attached hydrogens (tertiary/aromatic N) is 1. The zero-order valence-electron chi connectivity index (χ0n) is 11.6. The van der Waals surface area contributed by atoms with Crippen molar-refractivity contribution in [2.24, 2.45) is 5.92 Å². The molecule has 0 unspecified atom stereocenters. The lowest BCUT2D eigenvalue weighted by molar-refractivity contribution is 0.0944. The van der Waals surface area contributed by atoms with Gasteiger partial charge < -0.3 is 11.1 Å². The maximum atomic E-state index is 12.0. The van der Waals surface area contributed by atoms with Crippen molar-refractivity contribution in [2.75, 3.05) is 29.6 Å². The molecule has 0 bridgehead atoms. The van der Waals surface area contributed by atoms with Crippen molar-refractivity contribution in [2.45, 2.75) is 13.8 Å². The molecule has 0 aliphatic heterocycles. The lowest BCUT2D eigenvalue weighted by Crippen LogP contribution is -2.13. The number of carbonyl (C=O) groups excluding carboxylic acids is 1. The highest BCUT2D eigenvalue weighted by molar-refractivity contribution is 7.90. The molecule has 0 radical (unpaired) electrons. The van der Waals surface area contributed by atoms with Gasteiger partial charge in [-0.25, -0.2) is 8.42 Å². The minimum absolute atomic E-state index is 0.0524. The standard InChI is InChI=1S/C12H17N3O3S2/c1-7(2)10(16)11-9(14)8(6-13)12(19-11)15-4-5-20(3,17)18/h7,15H,4-5,14H2,1-3H3. The van der Waals surface area contributed by atoms with Gasteiger partial charge in [0.1, 0.15) is 26.5 Å². The van der Waals surface area contributed by atoms with Gasteiger partial charge in [-0.3, -0.25) is 4.79 Å². The summed E-state index contributed by atoms with van der Waals surface area (Å²) in [6.07, 6.45) is 1.14. The van der Waals surface area contributed by atoms with Crippen molar-refractivity contribution >= 4 is 37.6 Å². The normalized spacial score (nSPS) is 11.3. The van der Waals surface area contributed by atoms with Crippen LogP contribution < -0.4 is 11.1 Å². The first-order chi connectivity index (χ1) is 9.17. The van der Waals surface area contributed by atoms with Crippen LogP contribution in [0.4, 0.5) is 10.7 Å². The Morgan fingerprint density at radius 3 is 2.55 bits per heavy atom. The molecule has 0 amide bonds. The summed E-state index contributed by atoms with van der Waals surface area (Å²) in [6.45, 7) is 3.68. The Kier molecular flexibility index (Phi) is 5.14. The third-order valence-electron chi connectivity index (χ3n) is 2.56. The number of thiophene rings is 1. The highest BCUT2D eigenvalue weighted by Crippen LogP contribution is 2.36. The molecule has 0 aliphatic carbocycles. The molecule has 6 nitrogen and oxygen atoms in total. The van der Waals surface area contributed by atoms with Crippen LogP contribution in [0.15, 0.2) is 0 Å². The zero-order chi connectivity index (χ0) is 15.5. The molecule has 1 rings (SSSR count). The molecular formula is C12H17N3O3S2. The molecule has 1 aromatic heterocycles. The molecule has 0 atom stereocenters. The van der Waals surface area contributed by atoms with Crippen LogP contribution in [-0.4, -0.2) is 32.8 Å². The molecule has 0 fully saturated rings. The van der Waals surface area contributed by atoms with E-state index in [4.69, 9.17) is 11.0 Å². The molecule has 110 valence electrons. The first kappa shape index (κ1) is 16.5. The van der Waals surface area contributed by atoms with Crippen LogP contribution in [-0.2, 0) is 9.84 Å². The number of hydrogen-bond donors (Lipinski definition) is 2. The molecule has 0 saturated heterocycles. The van der Waals surface area contributed by atoms with Crippen molar-refractivity contribution in [1.82, 2.24) is 0 Å². The Morgan fingerprint density at radius 2 is 2.10 bits per heavy atom. The SMILES string of the molecule is CC(C)C(=O)c1sc(NCCS(C)(=O)=O)c(C#N)c1N. The molecule has 8 heteroatoms. The number of hydrogen-bond acceptors (Lipinski definition) is 7. The van der Waals surface area contributed by atoms with Crippen LogP contribution in [0, 0.1) is 17.2 Å². The van der Waals surface area contributed by atoms with E-state index < -0.39 is 9.84 Å². The number of carbonyl (C=O) groups is 1. The fourth-order valence-electron chi connectivity index (χ4n) is 1.47. The van der Waals surface area contributed by atoms with Gasteiger partial charge in [0.2, 0.25) is 0 Å². The lowest BCUT2D eigenvalue weighted by Gasteiger charge is -2.02. The second-order valence-corrected chi connectivity index (χ2v) is 8.02. The average Bonchev–Trinajstić information content (AvgIpc) is 2.63. The van der Waals surface area contributed by atoms with E-state index in [0.29, 0.717) is 9.88 Å². The van der Waals surface area contributed by atoms with E-state index in [1.807, 2.05) is 6.07 Å². The van der Waals surface area contributed by atoms with Gasteiger partial charge >= 0.3 is 0 Å². The summed E-state index contributed by atoms with van der Waals surface area (Å²) in [5, 5.41) is 12.4. The highest BCUT2D eigenvalue weighted by Gasteiger charge is 2.22. The van der Waals surface area contributed by atoms with Crippen molar-refractivity contribution in [3.8, 4) is 6.07 Å². The Labute approximate surface area is 122 Å². The number of Topliss-reactive ketones (excluding diaryl/α,β-unsaturated/α-hetero) is 1. The van der Waals surface area contributed by atoms with E-state index in [1.165, 1.54) is 0 Å². The Balaban J connectivity index is 3.01. The van der Waals surface area contributed by atoms with Crippen molar-refractivity contribution in [1.29, 1.82) is 5.26 Å². The predicted molar refractivity (Wildman–Crippen MR) is 80.8 cm³/mol. The number of sulfone groups is 1. The fraction of sp³-hybridized carbons (Fsp3) is 0.500. The number of anilines is 2. The van der Waals surface area contributed by atoms with E-state index >= 15 is 0 Å². The van der Waals surface area contributed by atoms with E-state index in [2.05, 4.69) is 5.32 Å². The summed E-state index contributed by atoms with van der Waals surface area (Å²) in [6, 6.07) is 1.95. The lowest BCUT2D eigenvalue weighted by atomic mass is 10.1. The van der Waals surface area contributed by atoms with Gasteiger partial charge in [0.05, 0.1) is 16.3 Å². The van der Waals surface area contributed by atoms with Gasteiger partial charge in [-0.1, -0.05) is 13.8 Å². The van der Waals surface area contributed by atoms with Crippen LogP contribution in [0.3, 0.4) is 0 Å². The largest absolute Gasteiger partial charge is 0.396 e. The number of nitrogens with two attached hydrogens (primary N) is 1. The first-order valence-electron chi connectivity index (χ1n) is 5.95. The summed E-state index contributed by atoms with van der Waals surface area (Å²) in [7, 11) is -3.09. The third-order valence-corrected chi connectivity index (χ3v) is 4.69. The van der Waals surface area contributed by atoms with Crippen molar-refractivity contribution in [3.05, 3.63) is 10.4 Å². The summed E-state index contributed by atoms with van der Waals surface area (Å²) in [4.78, 5) is 12.3. The monoisotopic (exact) mass is 315 g/mol. The molecule has 0 saturated carbocycles. The van der Waals surface area contributed by atoms with Gasteiger partial charge in [0, 0.05) is 18.7 Å². The minimum Gasteiger partial charge on any atom is -0.396 e. The van der Waals surface area contributed by atoms with Crippen molar-refractivity contribution < 1.29 is 13.2 Å². The van der Waals surface area contributed by atoms with Gasteiger partial charge in [-0.2, -0.15) is 5.26 Å². The highest BCUT2D eigenvalue weighted by atomic mass is 32.2. The summed E-state index contributed by atoms with van der Waals surface area (Å²) in [5.41, 5.74) is 6.19. The second kappa shape index (κ2) is 6.24. The minimum atomic E-state index is -3.09. The molecule has 1 heterocycles. The average molecular weight is 315 g/mol. The number of rotatable bonds is 6. The Morgan fingerprint density at radius 1 is 1.50 bits per heavy atom. The van der Waals surface area contributed by atoms with E-state index in [1.54, 1.807) is 13.8 Å². The quantitative estimate of drug-likeness (QED) is 0.769. The molecule has 3 N–H and O–H groups in total. The summed E-state index contributed by atoms with van der Waals surface area (Å²) < 4.78 is 22.1. The van der Waals surface area contributed by atoms with Crippen LogP contribution in [0.2, 0.25) is 0 Å². The predicted octanol–water partition coefficient (Wildman–Crippen LogP) is 1.50. The van der Waals surface area contributed by atoms with Gasteiger partial charge in [0.25, 0.3) is 0 Å².